The van der Waals surface area contributed by atoms with Crippen molar-refractivity contribution in [2.45, 2.75) is 38.3 Å². The van der Waals surface area contributed by atoms with Gasteiger partial charge in [-0.1, -0.05) is 30.3 Å². The van der Waals surface area contributed by atoms with Crippen LogP contribution in [0.15, 0.2) is 30.3 Å². The predicted octanol–water partition coefficient (Wildman–Crippen LogP) is 1.90. The first kappa shape index (κ1) is 16.7. The fourth-order valence-corrected chi connectivity index (χ4v) is 3.48. The molecule has 1 amide bonds. The zero-order valence-electron chi connectivity index (χ0n) is 14.7. The molecule has 0 saturated carbocycles. The third-order valence-electron chi connectivity index (χ3n) is 4.95. The first-order chi connectivity index (χ1) is 11.6. The van der Waals surface area contributed by atoms with Crippen molar-refractivity contribution in [1.82, 2.24) is 20.0 Å². The molecule has 5 nitrogen and oxygen atoms in total. The second-order valence-corrected chi connectivity index (χ2v) is 6.67. The van der Waals surface area contributed by atoms with Crippen LogP contribution in [0.4, 0.5) is 0 Å². The lowest BCUT2D eigenvalue weighted by Gasteiger charge is -2.28. The summed E-state index contributed by atoms with van der Waals surface area (Å²) in [6, 6.07) is 10.9. The molecule has 1 aliphatic rings. The van der Waals surface area contributed by atoms with E-state index in [-0.39, 0.29) is 5.91 Å². The molecular weight excluding hydrogens is 300 g/mol. The maximum atomic E-state index is 12.2. The Kier molecular flexibility index (Phi) is 5.00. The standard InChI is InChI=1S/C19H26N4O/c1-20-19(24)18-16-13-15(22(2)3)9-10-17(16)23(21-18)12-11-14-7-5-4-6-8-14/h4-8,15H,9-13H2,1-3H3,(H,20,24). The van der Waals surface area contributed by atoms with Crippen LogP contribution in [0.2, 0.25) is 0 Å². The first-order valence-electron chi connectivity index (χ1n) is 8.61. The summed E-state index contributed by atoms with van der Waals surface area (Å²) in [5.74, 6) is -0.0795. The van der Waals surface area contributed by atoms with E-state index < -0.39 is 0 Å². The first-order valence-corrected chi connectivity index (χ1v) is 8.61. The molecule has 1 heterocycles. The number of rotatable bonds is 5. The molecule has 0 bridgehead atoms. The Bertz CT molecular complexity index is 706. The number of carbonyl (C=O) groups is 1. The van der Waals surface area contributed by atoms with Gasteiger partial charge >= 0.3 is 0 Å². The van der Waals surface area contributed by atoms with Gasteiger partial charge in [-0.15, -0.1) is 0 Å². The fourth-order valence-electron chi connectivity index (χ4n) is 3.48. The number of aryl methyl sites for hydroxylation is 2. The van der Waals surface area contributed by atoms with Gasteiger partial charge < -0.3 is 10.2 Å². The summed E-state index contributed by atoms with van der Waals surface area (Å²) in [4.78, 5) is 14.5. The van der Waals surface area contributed by atoms with Crippen molar-refractivity contribution in [3.63, 3.8) is 0 Å². The number of fused-ring (bicyclic) bond motifs is 1. The fraction of sp³-hybridized carbons (Fsp3) is 0.474. The van der Waals surface area contributed by atoms with E-state index in [9.17, 15) is 4.79 Å². The summed E-state index contributed by atoms with van der Waals surface area (Å²) in [7, 11) is 5.88. The summed E-state index contributed by atoms with van der Waals surface area (Å²) in [5, 5.41) is 7.39. The number of hydrogen-bond acceptors (Lipinski definition) is 3. The van der Waals surface area contributed by atoms with Crippen molar-refractivity contribution in [3.05, 3.63) is 52.8 Å². The molecule has 1 atom stereocenters. The molecule has 0 spiro atoms. The average Bonchev–Trinajstić information content (AvgIpc) is 2.98. The molecule has 3 rings (SSSR count). The van der Waals surface area contributed by atoms with Gasteiger partial charge in [-0.05, 0) is 45.3 Å². The van der Waals surface area contributed by atoms with Crippen molar-refractivity contribution in [1.29, 1.82) is 0 Å². The maximum Gasteiger partial charge on any atom is 0.271 e. The summed E-state index contributed by atoms with van der Waals surface area (Å²) in [6.07, 6.45) is 3.93. The van der Waals surface area contributed by atoms with Crippen molar-refractivity contribution >= 4 is 5.91 Å². The molecule has 1 N–H and O–H groups in total. The number of likely N-dealkylation sites (N-methyl/N-ethyl adjacent to an activating group) is 1. The third kappa shape index (κ3) is 3.36. The normalized spacial score (nSPS) is 16.9. The minimum Gasteiger partial charge on any atom is -0.354 e. The zero-order chi connectivity index (χ0) is 17.1. The number of nitrogens with zero attached hydrogens (tertiary/aromatic N) is 3. The Morgan fingerprint density at radius 2 is 2.08 bits per heavy atom. The van der Waals surface area contributed by atoms with E-state index in [1.165, 1.54) is 11.3 Å². The van der Waals surface area contributed by atoms with E-state index in [0.717, 1.165) is 37.8 Å². The highest BCUT2D eigenvalue weighted by Gasteiger charge is 2.29. The van der Waals surface area contributed by atoms with E-state index in [0.29, 0.717) is 11.7 Å². The Morgan fingerprint density at radius 3 is 2.75 bits per heavy atom. The second kappa shape index (κ2) is 7.18. The Labute approximate surface area is 143 Å². The molecule has 1 unspecified atom stereocenters. The second-order valence-electron chi connectivity index (χ2n) is 6.67. The van der Waals surface area contributed by atoms with Crippen LogP contribution in [0.3, 0.4) is 0 Å². The molecule has 0 fully saturated rings. The Morgan fingerprint density at radius 1 is 1.33 bits per heavy atom. The average molecular weight is 326 g/mol. The molecule has 2 aromatic rings. The maximum absolute atomic E-state index is 12.2. The van der Waals surface area contributed by atoms with Gasteiger partial charge in [-0.25, -0.2) is 0 Å². The summed E-state index contributed by atoms with van der Waals surface area (Å²) >= 11 is 0. The van der Waals surface area contributed by atoms with E-state index in [1.807, 2.05) is 6.07 Å². The van der Waals surface area contributed by atoms with Crippen molar-refractivity contribution in [2.24, 2.45) is 0 Å². The summed E-state index contributed by atoms with van der Waals surface area (Å²) in [6.45, 7) is 0.815. The van der Waals surface area contributed by atoms with Crippen molar-refractivity contribution in [2.75, 3.05) is 21.1 Å². The van der Waals surface area contributed by atoms with Gasteiger partial charge in [0.2, 0.25) is 0 Å². The van der Waals surface area contributed by atoms with E-state index in [2.05, 4.69) is 58.4 Å². The Hall–Kier alpha value is -2.14. The van der Waals surface area contributed by atoms with Gasteiger partial charge in [0.25, 0.3) is 5.91 Å². The van der Waals surface area contributed by atoms with Crippen LogP contribution in [0.5, 0.6) is 0 Å². The smallest absolute Gasteiger partial charge is 0.271 e. The highest BCUT2D eigenvalue weighted by Crippen LogP contribution is 2.27. The molecule has 0 radical (unpaired) electrons. The molecule has 128 valence electrons. The van der Waals surface area contributed by atoms with Gasteiger partial charge in [-0.2, -0.15) is 5.10 Å². The number of aromatic nitrogens is 2. The van der Waals surface area contributed by atoms with Gasteiger partial charge in [0.1, 0.15) is 0 Å². The van der Waals surface area contributed by atoms with E-state index in [1.54, 1.807) is 7.05 Å². The van der Waals surface area contributed by atoms with Gasteiger partial charge in [0.05, 0.1) is 0 Å². The van der Waals surface area contributed by atoms with Crippen LogP contribution in [0.25, 0.3) is 0 Å². The number of benzene rings is 1. The van der Waals surface area contributed by atoms with E-state index in [4.69, 9.17) is 0 Å². The molecule has 1 aromatic carbocycles. The van der Waals surface area contributed by atoms with Gasteiger partial charge in [0.15, 0.2) is 5.69 Å². The number of nitrogens with one attached hydrogen (secondary N) is 1. The lowest BCUT2D eigenvalue weighted by Crippen LogP contribution is -2.34. The zero-order valence-corrected chi connectivity index (χ0v) is 14.7. The molecular formula is C19H26N4O. The molecule has 5 heteroatoms. The quantitative estimate of drug-likeness (QED) is 0.913. The number of amides is 1. The summed E-state index contributed by atoms with van der Waals surface area (Å²) < 4.78 is 2.05. The van der Waals surface area contributed by atoms with Crippen LogP contribution in [-0.4, -0.2) is 47.8 Å². The van der Waals surface area contributed by atoms with Crippen LogP contribution in [0, 0.1) is 0 Å². The highest BCUT2D eigenvalue weighted by atomic mass is 16.1. The molecule has 24 heavy (non-hydrogen) atoms. The van der Waals surface area contributed by atoms with Crippen molar-refractivity contribution < 1.29 is 4.79 Å². The molecule has 0 saturated heterocycles. The topological polar surface area (TPSA) is 50.2 Å². The lowest BCUT2D eigenvalue weighted by molar-refractivity contribution is 0.0956. The van der Waals surface area contributed by atoms with Gasteiger partial charge in [0, 0.05) is 30.9 Å². The SMILES string of the molecule is CNC(=O)c1nn(CCc2ccccc2)c2c1CC(N(C)C)CC2. The third-order valence-corrected chi connectivity index (χ3v) is 4.95. The van der Waals surface area contributed by atoms with Crippen LogP contribution in [-0.2, 0) is 25.8 Å². The van der Waals surface area contributed by atoms with E-state index >= 15 is 0 Å². The monoisotopic (exact) mass is 326 g/mol. The lowest BCUT2D eigenvalue weighted by atomic mass is 9.90. The molecule has 0 aliphatic heterocycles. The predicted molar refractivity (Wildman–Crippen MR) is 95.3 cm³/mol. The molecule has 1 aliphatic carbocycles. The number of hydrogen-bond donors (Lipinski definition) is 1. The largest absolute Gasteiger partial charge is 0.354 e. The van der Waals surface area contributed by atoms with Crippen molar-refractivity contribution in [3.8, 4) is 0 Å². The summed E-state index contributed by atoms with van der Waals surface area (Å²) in [5.41, 5.74) is 4.27. The Balaban J connectivity index is 1.86. The van der Waals surface area contributed by atoms with Gasteiger partial charge in [-0.3, -0.25) is 9.48 Å². The minimum absolute atomic E-state index is 0.0795. The highest BCUT2D eigenvalue weighted by molar-refractivity contribution is 5.93. The molecule has 1 aromatic heterocycles. The minimum atomic E-state index is -0.0795. The van der Waals surface area contributed by atoms with Crippen LogP contribution >= 0.6 is 0 Å². The van der Waals surface area contributed by atoms with Crippen LogP contribution in [0.1, 0.15) is 33.7 Å². The number of carbonyl (C=O) groups excluding carboxylic acids is 1. The van der Waals surface area contributed by atoms with Crippen LogP contribution < -0.4 is 5.32 Å².